The lowest BCUT2D eigenvalue weighted by atomic mass is 9.84. The van der Waals surface area contributed by atoms with Gasteiger partial charge in [0.2, 0.25) is 0 Å². The predicted molar refractivity (Wildman–Crippen MR) is 93.8 cm³/mol. The van der Waals surface area contributed by atoms with Gasteiger partial charge in [0, 0.05) is 12.6 Å². The Kier molecular flexibility index (Phi) is 7.98. The molecule has 0 saturated carbocycles. The molecule has 0 bridgehead atoms. The molecule has 1 aromatic carbocycles. The number of likely N-dealkylation sites (N-methyl/N-ethyl adjacent to an activating group) is 1. The summed E-state index contributed by atoms with van der Waals surface area (Å²) in [7, 11) is 2.24. The summed E-state index contributed by atoms with van der Waals surface area (Å²) in [5.74, 6) is 0. The van der Waals surface area contributed by atoms with Crippen LogP contribution in [0.3, 0.4) is 0 Å². The predicted octanol–water partition coefficient (Wildman–Crippen LogP) is 3.97. The Morgan fingerprint density at radius 3 is 2.33 bits per heavy atom. The lowest BCUT2D eigenvalue weighted by Crippen LogP contribution is -2.43. The summed E-state index contributed by atoms with van der Waals surface area (Å²) in [6, 6.07) is 11.4. The van der Waals surface area contributed by atoms with Gasteiger partial charge in [0.05, 0.1) is 0 Å². The molecule has 0 heterocycles. The number of nitrogens with zero attached hydrogens (tertiary/aromatic N) is 1. The van der Waals surface area contributed by atoms with E-state index in [1.54, 1.807) is 0 Å². The SMILES string of the molecule is CCCNC(CCN(C)CCc1ccccc1)C(C)(C)C. The third kappa shape index (κ3) is 7.63. The van der Waals surface area contributed by atoms with Gasteiger partial charge in [0.1, 0.15) is 0 Å². The van der Waals surface area contributed by atoms with E-state index in [1.165, 1.54) is 18.4 Å². The molecule has 0 aliphatic heterocycles. The highest BCUT2D eigenvalue weighted by atomic mass is 15.1. The molecule has 1 aromatic rings. The normalized spacial score (nSPS) is 13.6. The highest BCUT2D eigenvalue weighted by Crippen LogP contribution is 2.22. The van der Waals surface area contributed by atoms with E-state index in [0.717, 1.165) is 26.1 Å². The van der Waals surface area contributed by atoms with Crippen molar-refractivity contribution in [2.24, 2.45) is 5.41 Å². The molecule has 0 radical (unpaired) electrons. The van der Waals surface area contributed by atoms with E-state index in [-0.39, 0.29) is 0 Å². The van der Waals surface area contributed by atoms with Crippen LogP contribution >= 0.6 is 0 Å². The van der Waals surface area contributed by atoms with Gasteiger partial charge in [-0.05, 0) is 50.4 Å². The second-order valence-corrected chi connectivity index (χ2v) is 7.20. The summed E-state index contributed by atoms with van der Waals surface area (Å²) in [5.41, 5.74) is 1.76. The van der Waals surface area contributed by atoms with E-state index >= 15 is 0 Å². The van der Waals surface area contributed by atoms with E-state index in [9.17, 15) is 0 Å². The Morgan fingerprint density at radius 2 is 1.76 bits per heavy atom. The van der Waals surface area contributed by atoms with Gasteiger partial charge in [-0.1, -0.05) is 58.0 Å². The van der Waals surface area contributed by atoms with Crippen LogP contribution in [0, 0.1) is 5.41 Å². The molecule has 0 spiro atoms. The van der Waals surface area contributed by atoms with Crippen LogP contribution in [0.25, 0.3) is 0 Å². The topological polar surface area (TPSA) is 15.3 Å². The van der Waals surface area contributed by atoms with Crippen molar-refractivity contribution in [2.45, 2.75) is 53.0 Å². The molecule has 2 nitrogen and oxygen atoms in total. The van der Waals surface area contributed by atoms with Gasteiger partial charge in [-0.2, -0.15) is 0 Å². The van der Waals surface area contributed by atoms with Crippen molar-refractivity contribution in [3.63, 3.8) is 0 Å². The molecule has 1 atom stereocenters. The summed E-state index contributed by atoms with van der Waals surface area (Å²) >= 11 is 0. The number of rotatable bonds is 9. The van der Waals surface area contributed by atoms with E-state index in [2.05, 4.69) is 75.3 Å². The first kappa shape index (κ1) is 18.2. The van der Waals surface area contributed by atoms with Crippen LogP contribution in [0.4, 0.5) is 0 Å². The van der Waals surface area contributed by atoms with Gasteiger partial charge in [-0.15, -0.1) is 0 Å². The van der Waals surface area contributed by atoms with E-state index < -0.39 is 0 Å². The van der Waals surface area contributed by atoms with Crippen molar-refractivity contribution in [1.82, 2.24) is 10.2 Å². The van der Waals surface area contributed by atoms with Crippen molar-refractivity contribution in [2.75, 3.05) is 26.7 Å². The van der Waals surface area contributed by atoms with Gasteiger partial charge >= 0.3 is 0 Å². The second kappa shape index (κ2) is 9.22. The van der Waals surface area contributed by atoms with Crippen LogP contribution in [0.2, 0.25) is 0 Å². The number of nitrogens with one attached hydrogen (secondary N) is 1. The third-order valence-electron chi connectivity index (χ3n) is 4.11. The van der Waals surface area contributed by atoms with Gasteiger partial charge < -0.3 is 10.2 Å². The van der Waals surface area contributed by atoms with Gasteiger partial charge in [-0.25, -0.2) is 0 Å². The Hall–Kier alpha value is -0.860. The average Bonchev–Trinajstić information content (AvgIpc) is 2.45. The third-order valence-corrected chi connectivity index (χ3v) is 4.11. The fraction of sp³-hybridized carbons (Fsp3) is 0.684. The van der Waals surface area contributed by atoms with Crippen LogP contribution in [0.1, 0.15) is 46.1 Å². The monoisotopic (exact) mass is 290 g/mol. The lowest BCUT2D eigenvalue weighted by molar-refractivity contribution is 0.222. The molecule has 1 unspecified atom stereocenters. The average molecular weight is 290 g/mol. The number of hydrogen-bond donors (Lipinski definition) is 1. The maximum absolute atomic E-state index is 3.71. The zero-order valence-corrected chi connectivity index (χ0v) is 14.7. The molecule has 0 fully saturated rings. The zero-order chi connectivity index (χ0) is 15.7. The smallest absolute Gasteiger partial charge is 0.0128 e. The Bertz CT molecular complexity index is 367. The Labute approximate surface area is 131 Å². The minimum absolute atomic E-state index is 0.329. The molecule has 0 aromatic heterocycles. The van der Waals surface area contributed by atoms with E-state index in [1.807, 2.05) is 0 Å². The fourth-order valence-electron chi connectivity index (χ4n) is 2.59. The summed E-state index contributed by atoms with van der Waals surface area (Å²) in [4.78, 5) is 2.46. The molecule has 1 N–H and O–H groups in total. The largest absolute Gasteiger partial charge is 0.313 e. The van der Waals surface area contributed by atoms with Crippen molar-refractivity contribution in [3.05, 3.63) is 35.9 Å². The zero-order valence-electron chi connectivity index (χ0n) is 14.7. The van der Waals surface area contributed by atoms with E-state index in [0.29, 0.717) is 11.5 Å². The standard InChI is InChI=1S/C19H34N2/c1-6-14-20-18(19(2,3)4)13-16-21(5)15-12-17-10-8-7-9-11-17/h7-11,18,20H,6,12-16H2,1-5H3. The van der Waals surface area contributed by atoms with Gasteiger partial charge in [0.15, 0.2) is 0 Å². The first-order valence-electron chi connectivity index (χ1n) is 8.39. The molecule has 0 aliphatic rings. The van der Waals surface area contributed by atoms with Crippen LogP contribution in [0.15, 0.2) is 30.3 Å². The van der Waals surface area contributed by atoms with Crippen LogP contribution in [0.5, 0.6) is 0 Å². The maximum Gasteiger partial charge on any atom is 0.0128 e. The molecule has 21 heavy (non-hydrogen) atoms. The molecular weight excluding hydrogens is 256 g/mol. The molecule has 0 amide bonds. The quantitative estimate of drug-likeness (QED) is 0.740. The Balaban J connectivity index is 2.33. The lowest BCUT2D eigenvalue weighted by Gasteiger charge is -2.33. The molecular formula is C19H34N2. The number of benzene rings is 1. The van der Waals surface area contributed by atoms with Gasteiger partial charge in [0.25, 0.3) is 0 Å². The van der Waals surface area contributed by atoms with Crippen molar-refractivity contribution < 1.29 is 0 Å². The minimum atomic E-state index is 0.329. The van der Waals surface area contributed by atoms with Crippen molar-refractivity contribution in [3.8, 4) is 0 Å². The number of hydrogen-bond acceptors (Lipinski definition) is 2. The van der Waals surface area contributed by atoms with Crippen LogP contribution < -0.4 is 5.32 Å². The van der Waals surface area contributed by atoms with Crippen LogP contribution in [-0.2, 0) is 6.42 Å². The summed E-state index contributed by atoms with van der Waals surface area (Å²) in [6.45, 7) is 12.7. The maximum atomic E-state index is 3.71. The molecule has 0 saturated heterocycles. The Morgan fingerprint density at radius 1 is 1.10 bits per heavy atom. The summed E-state index contributed by atoms with van der Waals surface area (Å²) in [5, 5.41) is 3.71. The summed E-state index contributed by atoms with van der Waals surface area (Å²) in [6.07, 6.45) is 3.56. The van der Waals surface area contributed by atoms with E-state index in [4.69, 9.17) is 0 Å². The molecule has 120 valence electrons. The van der Waals surface area contributed by atoms with Gasteiger partial charge in [-0.3, -0.25) is 0 Å². The second-order valence-electron chi connectivity index (χ2n) is 7.20. The minimum Gasteiger partial charge on any atom is -0.313 e. The highest BCUT2D eigenvalue weighted by Gasteiger charge is 2.23. The fourth-order valence-corrected chi connectivity index (χ4v) is 2.59. The molecule has 0 aliphatic carbocycles. The highest BCUT2D eigenvalue weighted by molar-refractivity contribution is 5.14. The molecule has 1 rings (SSSR count). The molecule has 2 heteroatoms. The van der Waals surface area contributed by atoms with Crippen molar-refractivity contribution >= 4 is 0 Å². The van der Waals surface area contributed by atoms with Crippen LogP contribution in [-0.4, -0.2) is 37.6 Å². The first-order valence-corrected chi connectivity index (χ1v) is 8.39. The summed E-state index contributed by atoms with van der Waals surface area (Å²) < 4.78 is 0. The first-order chi connectivity index (χ1) is 9.93. The van der Waals surface area contributed by atoms with Crippen molar-refractivity contribution in [1.29, 1.82) is 0 Å².